The van der Waals surface area contributed by atoms with Crippen LogP contribution in [-0.4, -0.2) is 55.6 Å². The Morgan fingerprint density at radius 2 is 2.18 bits per heavy atom. The first-order valence-corrected chi connectivity index (χ1v) is 8.97. The van der Waals surface area contributed by atoms with E-state index >= 15 is 0 Å². The maximum atomic E-state index is 12.9. The topological polar surface area (TPSA) is 99.2 Å². The molecule has 0 N–H and O–H groups in total. The molecule has 1 aliphatic rings. The first-order chi connectivity index (χ1) is 13.6. The minimum absolute atomic E-state index is 0.0118. The summed E-state index contributed by atoms with van der Waals surface area (Å²) in [5, 5.41) is 12.1. The molecule has 3 aromatic rings. The minimum atomic E-state index is -0.347. The molecule has 9 nitrogen and oxygen atoms in total. The number of rotatable bonds is 5. The van der Waals surface area contributed by atoms with Gasteiger partial charge in [0.05, 0.1) is 12.2 Å². The number of hydrogen-bond acceptors (Lipinski definition) is 7. The van der Waals surface area contributed by atoms with Gasteiger partial charge >= 0.3 is 0 Å². The molecular weight excluding hydrogens is 367 g/mol. The number of carbonyl (C=O) groups excluding carboxylic acids is 1. The zero-order chi connectivity index (χ0) is 19.5. The van der Waals surface area contributed by atoms with Gasteiger partial charge in [-0.1, -0.05) is 10.4 Å². The van der Waals surface area contributed by atoms with E-state index in [1.807, 2.05) is 0 Å². The van der Waals surface area contributed by atoms with Crippen molar-refractivity contribution in [3.05, 3.63) is 42.2 Å². The van der Waals surface area contributed by atoms with Crippen molar-refractivity contribution in [2.75, 3.05) is 19.7 Å². The van der Waals surface area contributed by atoms with Crippen LogP contribution in [0.3, 0.4) is 0 Å². The highest BCUT2D eigenvalue weighted by molar-refractivity contribution is 5.77. The summed E-state index contributed by atoms with van der Waals surface area (Å²) in [5.41, 5.74) is 0.528. The van der Waals surface area contributed by atoms with Crippen molar-refractivity contribution >= 4 is 5.91 Å². The minimum Gasteiger partial charge on any atom is -0.484 e. The standard InChI is InChI=1S/C18H19FN6O3/c1-12-20-18(22-28-12)16-10-25(23-21-16)14-3-2-8-24(9-14)17(26)11-27-15-6-4-13(19)5-7-15/h4-7,10,14H,2-3,8-9,11H2,1H3/t14-/m1/s1. The lowest BCUT2D eigenvalue weighted by molar-refractivity contribution is -0.135. The number of carbonyl (C=O) groups is 1. The summed E-state index contributed by atoms with van der Waals surface area (Å²) in [6.45, 7) is 2.79. The molecule has 4 rings (SSSR count). The van der Waals surface area contributed by atoms with Crippen LogP contribution in [0.2, 0.25) is 0 Å². The van der Waals surface area contributed by atoms with E-state index in [0.29, 0.717) is 36.2 Å². The van der Waals surface area contributed by atoms with Crippen LogP contribution in [0.4, 0.5) is 4.39 Å². The third-order valence-corrected chi connectivity index (χ3v) is 4.57. The molecule has 0 bridgehead atoms. The number of likely N-dealkylation sites (tertiary alicyclic amines) is 1. The predicted octanol–water partition coefficient (Wildman–Crippen LogP) is 2.02. The summed E-state index contributed by atoms with van der Waals surface area (Å²) in [6.07, 6.45) is 3.50. The van der Waals surface area contributed by atoms with Crippen molar-refractivity contribution in [2.24, 2.45) is 0 Å². The number of nitrogens with zero attached hydrogens (tertiary/aromatic N) is 6. The van der Waals surface area contributed by atoms with Crippen LogP contribution in [0.15, 0.2) is 35.0 Å². The van der Waals surface area contributed by atoms with Gasteiger partial charge in [-0.25, -0.2) is 9.07 Å². The molecule has 10 heteroatoms. The number of aromatic nitrogens is 5. The highest BCUT2D eigenvalue weighted by Crippen LogP contribution is 2.23. The Kier molecular flexibility index (Phi) is 5.00. The smallest absolute Gasteiger partial charge is 0.260 e. The summed E-state index contributed by atoms with van der Waals surface area (Å²) in [4.78, 5) is 18.4. The first kappa shape index (κ1) is 18.1. The van der Waals surface area contributed by atoms with E-state index in [1.165, 1.54) is 24.3 Å². The van der Waals surface area contributed by atoms with Crippen LogP contribution in [0.25, 0.3) is 11.5 Å². The highest BCUT2D eigenvalue weighted by Gasteiger charge is 2.26. The van der Waals surface area contributed by atoms with Crippen molar-refractivity contribution in [1.29, 1.82) is 0 Å². The Bertz CT molecular complexity index is 954. The van der Waals surface area contributed by atoms with Crippen LogP contribution in [-0.2, 0) is 4.79 Å². The third-order valence-electron chi connectivity index (χ3n) is 4.57. The highest BCUT2D eigenvalue weighted by atomic mass is 19.1. The largest absolute Gasteiger partial charge is 0.484 e. The van der Waals surface area contributed by atoms with Crippen molar-refractivity contribution in [3.8, 4) is 17.3 Å². The van der Waals surface area contributed by atoms with Crippen molar-refractivity contribution in [3.63, 3.8) is 0 Å². The molecular formula is C18H19FN6O3. The van der Waals surface area contributed by atoms with Crippen LogP contribution in [0.1, 0.15) is 24.8 Å². The number of piperidine rings is 1. The SMILES string of the molecule is Cc1nc(-c2cn([C@@H]3CCCN(C(=O)COc4ccc(F)cc4)C3)nn2)no1. The van der Waals surface area contributed by atoms with Crippen LogP contribution < -0.4 is 4.74 Å². The van der Waals surface area contributed by atoms with Crippen molar-refractivity contribution < 1.29 is 18.4 Å². The van der Waals surface area contributed by atoms with E-state index in [1.54, 1.807) is 22.7 Å². The molecule has 2 aromatic heterocycles. The molecule has 1 aromatic carbocycles. The van der Waals surface area contributed by atoms with Gasteiger partial charge < -0.3 is 14.2 Å². The maximum Gasteiger partial charge on any atom is 0.260 e. The van der Waals surface area contributed by atoms with Gasteiger partial charge in [-0.05, 0) is 37.1 Å². The zero-order valence-corrected chi connectivity index (χ0v) is 15.3. The summed E-state index contributed by atoms with van der Waals surface area (Å²) in [5.74, 6) is 0.837. The molecule has 146 valence electrons. The van der Waals surface area contributed by atoms with Gasteiger partial charge in [-0.3, -0.25) is 4.79 Å². The molecule has 0 unspecified atom stereocenters. The second kappa shape index (κ2) is 7.75. The van der Waals surface area contributed by atoms with Crippen LogP contribution in [0, 0.1) is 12.7 Å². The van der Waals surface area contributed by atoms with E-state index in [0.717, 1.165) is 12.8 Å². The summed E-state index contributed by atoms with van der Waals surface area (Å²) in [6, 6.07) is 5.60. The molecule has 28 heavy (non-hydrogen) atoms. The molecule has 1 saturated heterocycles. The fraction of sp³-hybridized carbons (Fsp3) is 0.389. The lowest BCUT2D eigenvalue weighted by Crippen LogP contribution is -2.43. The first-order valence-electron chi connectivity index (χ1n) is 8.97. The van der Waals surface area contributed by atoms with Gasteiger partial charge in [0.1, 0.15) is 11.6 Å². The van der Waals surface area contributed by atoms with Gasteiger partial charge in [0.2, 0.25) is 11.7 Å². The Hall–Kier alpha value is -3.30. The van der Waals surface area contributed by atoms with Crippen molar-refractivity contribution in [1.82, 2.24) is 30.0 Å². The molecule has 0 saturated carbocycles. The molecule has 1 amide bonds. The van der Waals surface area contributed by atoms with Crippen LogP contribution in [0.5, 0.6) is 5.75 Å². The fourth-order valence-corrected chi connectivity index (χ4v) is 3.13. The second-order valence-corrected chi connectivity index (χ2v) is 6.60. The Labute approximate surface area is 160 Å². The molecule has 1 fully saturated rings. The molecule has 1 aliphatic heterocycles. The molecule has 3 heterocycles. The Balaban J connectivity index is 1.36. The number of benzene rings is 1. The van der Waals surface area contributed by atoms with E-state index in [2.05, 4.69) is 20.5 Å². The predicted molar refractivity (Wildman–Crippen MR) is 94.8 cm³/mol. The lowest BCUT2D eigenvalue weighted by Gasteiger charge is -2.32. The Morgan fingerprint density at radius 3 is 2.93 bits per heavy atom. The zero-order valence-electron chi connectivity index (χ0n) is 15.3. The second-order valence-electron chi connectivity index (χ2n) is 6.60. The quantitative estimate of drug-likeness (QED) is 0.661. The average Bonchev–Trinajstić information content (AvgIpc) is 3.36. The molecule has 0 aliphatic carbocycles. The molecule has 1 atom stereocenters. The Morgan fingerprint density at radius 1 is 1.36 bits per heavy atom. The monoisotopic (exact) mass is 386 g/mol. The summed E-state index contributed by atoms with van der Waals surface area (Å²) >= 11 is 0. The number of hydrogen-bond donors (Lipinski definition) is 0. The van der Waals surface area contributed by atoms with E-state index in [-0.39, 0.29) is 24.4 Å². The number of aryl methyl sites for hydroxylation is 1. The van der Waals surface area contributed by atoms with Gasteiger partial charge in [0, 0.05) is 20.0 Å². The summed E-state index contributed by atoms with van der Waals surface area (Å²) < 4.78 is 25.1. The third kappa shape index (κ3) is 4.00. The number of halogens is 1. The van der Waals surface area contributed by atoms with Gasteiger partial charge in [-0.15, -0.1) is 5.10 Å². The number of ether oxygens (including phenoxy) is 1. The van der Waals surface area contributed by atoms with Gasteiger partial charge in [0.25, 0.3) is 5.91 Å². The number of amides is 1. The lowest BCUT2D eigenvalue weighted by atomic mass is 10.1. The van der Waals surface area contributed by atoms with Crippen molar-refractivity contribution in [2.45, 2.75) is 25.8 Å². The van der Waals surface area contributed by atoms with Gasteiger partial charge in [0.15, 0.2) is 12.3 Å². The molecule has 0 spiro atoms. The molecule has 0 radical (unpaired) electrons. The van der Waals surface area contributed by atoms with Crippen LogP contribution >= 0.6 is 0 Å². The van der Waals surface area contributed by atoms with E-state index in [4.69, 9.17) is 9.26 Å². The maximum absolute atomic E-state index is 12.9. The summed E-state index contributed by atoms with van der Waals surface area (Å²) in [7, 11) is 0. The fourth-order valence-electron chi connectivity index (χ4n) is 3.13. The van der Waals surface area contributed by atoms with Gasteiger partial charge in [-0.2, -0.15) is 4.98 Å². The normalized spacial score (nSPS) is 16.9. The van der Waals surface area contributed by atoms with E-state index < -0.39 is 0 Å². The average molecular weight is 386 g/mol. The van der Waals surface area contributed by atoms with E-state index in [9.17, 15) is 9.18 Å².